The molecule has 0 amide bonds. The van der Waals surface area contributed by atoms with Crippen molar-refractivity contribution in [1.82, 2.24) is 15.0 Å². The van der Waals surface area contributed by atoms with Crippen LogP contribution in [0.25, 0.3) is 0 Å². The molecular formula is C21H18ClFN6O3. The minimum atomic E-state index is -0.779. The van der Waals surface area contributed by atoms with Gasteiger partial charge in [0.1, 0.15) is 11.6 Å². The van der Waals surface area contributed by atoms with Gasteiger partial charge in [-0.3, -0.25) is 5.43 Å². The van der Waals surface area contributed by atoms with Gasteiger partial charge in [-0.2, -0.15) is 19.7 Å². The summed E-state index contributed by atoms with van der Waals surface area (Å²) in [7, 11) is 3.00. The molecule has 164 valence electrons. The lowest BCUT2D eigenvalue weighted by Gasteiger charge is -2.11. The van der Waals surface area contributed by atoms with Crippen molar-refractivity contribution >= 4 is 23.6 Å². The SMILES string of the molecule is COCc1cc(C)nc(N/N=C\c2ccc(OC)c(Oc3nc(Cl)ncc3F)c2)c1C#N. The van der Waals surface area contributed by atoms with E-state index in [1.807, 2.05) is 0 Å². The standard InChI is InChI=1S/C21H18ClFN6O3/c1-12-6-14(11-30-2)15(8-24)19(27-12)29-26-9-13-4-5-17(31-3)18(7-13)32-20-16(23)10-25-21(22)28-20/h4-7,9-10H,11H2,1-3H3,(H,27,29)/b26-9-. The van der Waals surface area contributed by atoms with Gasteiger partial charge in [0.15, 0.2) is 17.3 Å². The van der Waals surface area contributed by atoms with E-state index in [1.165, 1.54) is 13.3 Å². The highest BCUT2D eigenvalue weighted by Crippen LogP contribution is 2.32. The van der Waals surface area contributed by atoms with Gasteiger partial charge in [0, 0.05) is 18.4 Å². The minimum Gasteiger partial charge on any atom is -0.493 e. The van der Waals surface area contributed by atoms with Crippen molar-refractivity contribution < 1.29 is 18.6 Å². The van der Waals surface area contributed by atoms with Crippen LogP contribution in [0, 0.1) is 24.1 Å². The lowest BCUT2D eigenvalue weighted by atomic mass is 10.1. The van der Waals surface area contributed by atoms with Crippen LogP contribution < -0.4 is 14.9 Å². The molecule has 0 aliphatic carbocycles. The molecular weight excluding hydrogens is 439 g/mol. The zero-order valence-corrected chi connectivity index (χ0v) is 18.1. The van der Waals surface area contributed by atoms with Gasteiger partial charge in [0.2, 0.25) is 11.1 Å². The van der Waals surface area contributed by atoms with E-state index in [0.717, 1.165) is 6.20 Å². The van der Waals surface area contributed by atoms with Gasteiger partial charge < -0.3 is 14.2 Å². The van der Waals surface area contributed by atoms with Crippen molar-refractivity contribution in [3.05, 3.63) is 63.9 Å². The molecule has 1 aromatic carbocycles. The maximum atomic E-state index is 13.9. The summed E-state index contributed by atoms with van der Waals surface area (Å²) >= 11 is 5.72. The molecule has 0 spiro atoms. The van der Waals surface area contributed by atoms with E-state index in [-0.39, 0.29) is 23.5 Å². The largest absolute Gasteiger partial charge is 0.493 e. The first kappa shape index (κ1) is 22.9. The third kappa shape index (κ3) is 5.46. The van der Waals surface area contributed by atoms with Crippen molar-refractivity contribution in [2.75, 3.05) is 19.6 Å². The summed E-state index contributed by atoms with van der Waals surface area (Å²) in [6.07, 6.45) is 2.39. The first-order chi connectivity index (χ1) is 15.4. The predicted octanol–water partition coefficient (Wildman–Crippen LogP) is 4.24. The Labute approximate surface area is 188 Å². The number of hydrogen-bond donors (Lipinski definition) is 1. The van der Waals surface area contributed by atoms with E-state index in [0.29, 0.717) is 34.0 Å². The quantitative estimate of drug-likeness (QED) is 0.304. The molecule has 0 saturated heterocycles. The molecule has 11 heteroatoms. The van der Waals surface area contributed by atoms with Crippen LogP contribution in [0.1, 0.15) is 22.4 Å². The molecule has 0 unspecified atom stereocenters. The van der Waals surface area contributed by atoms with Crippen molar-refractivity contribution in [3.8, 4) is 23.4 Å². The number of nitriles is 1. The molecule has 3 aromatic rings. The first-order valence-electron chi connectivity index (χ1n) is 9.17. The second kappa shape index (κ2) is 10.5. The van der Waals surface area contributed by atoms with Crippen LogP contribution in [-0.2, 0) is 11.3 Å². The van der Waals surface area contributed by atoms with E-state index >= 15 is 0 Å². The molecule has 0 fully saturated rings. The molecule has 2 aromatic heterocycles. The maximum absolute atomic E-state index is 13.9. The van der Waals surface area contributed by atoms with Crippen molar-refractivity contribution in [2.45, 2.75) is 13.5 Å². The fraction of sp³-hybridized carbons (Fsp3) is 0.190. The van der Waals surface area contributed by atoms with Crippen molar-refractivity contribution in [3.63, 3.8) is 0 Å². The van der Waals surface area contributed by atoms with Crippen LogP contribution in [0.5, 0.6) is 17.4 Å². The topological polar surface area (TPSA) is 115 Å². The van der Waals surface area contributed by atoms with E-state index in [1.54, 1.807) is 38.3 Å². The zero-order valence-electron chi connectivity index (χ0n) is 17.4. The number of methoxy groups -OCH3 is 2. The molecule has 9 nitrogen and oxygen atoms in total. The number of pyridine rings is 1. The van der Waals surface area contributed by atoms with Gasteiger partial charge in [-0.25, -0.2) is 9.97 Å². The number of ether oxygens (including phenoxy) is 3. The van der Waals surface area contributed by atoms with Gasteiger partial charge in [-0.05, 0) is 48.4 Å². The van der Waals surface area contributed by atoms with Gasteiger partial charge >= 0.3 is 0 Å². The number of hydrogen-bond acceptors (Lipinski definition) is 9. The van der Waals surface area contributed by atoms with E-state index in [2.05, 4.69) is 31.5 Å². The fourth-order valence-corrected chi connectivity index (χ4v) is 2.87. The Bertz CT molecular complexity index is 1200. The third-order valence-corrected chi connectivity index (χ3v) is 4.28. The fourth-order valence-electron chi connectivity index (χ4n) is 2.74. The Morgan fingerprint density at radius 3 is 2.78 bits per heavy atom. The average Bonchev–Trinajstić information content (AvgIpc) is 2.76. The molecule has 0 radical (unpaired) electrons. The Balaban J connectivity index is 1.85. The van der Waals surface area contributed by atoms with Crippen LogP contribution in [0.4, 0.5) is 10.2 Å². The molecule has 0 atom stereocenters. The second-order valence-corrected chi connectivity index (χ2v) is 6.70. The molecule has 0 saturated carbocycles. The Hall–Kier alpha value is -3.81. The van der Waals surface area contributed by atoms with E-state index < -0.39 is 5.82 Å². The smallest absolute Gasteiger partial charge is 0.260 e. The van der Waals surface area contributed by atoms with Crippen LogP contribution in [-0.4, -0.2) is 35.4 Å². The van der Waals surface area contributed by atoms with Crippen LogP contribution in [0.2, 0.25) is 5.28 Å². The number of nitrogens with zero attached hydrogens (tertiary/aromatic N) is 5. The van der Waals surface area contributed by atoms with Crippen LogP contribution in [0.15, 0.2) is 35.6 Å². The van der Waals surface area contributed by atoms with Gasteiger partial charge in [0.25, 0.3) is 5.88 Å². The van der Waals surface area contributed by atoms with Crippen LogP contribution in [0.3, 0.4) is 0 Å². The lowest BCUT2D eigenvalue weighted by Crippen LogP contribution is -2.03. The monoisotopic (exact) mass is 456 g/mol. The molecule has 0 bridgehead atoms. The number of anilines is 1. The molecule has 2 heterocycles. The minimum absolute atomic E-state index is 0.158. The summed E-state index contributed by atoms with van der Waals surface area (Å²) in [5, 5.41) is 13.5. The first-order valence-corrected chi connectivity index (χ1v) is 9.55. The van der Waals surface area contributed by atoms with Gasteiger partial charge in [-0.15, -0.1) is 0 Å². The number of halogens is 2. The zero-order chi connectivity index (χ0) is 23.1. The number of benzene rings is 1. The van der Waals surface area contributed by atoms with Gasteiger partial charge in [-0.1, -0.05) is 0 Å². The predicted molar refractivity (Wildman–Crippen MR) is 116 cm³/mol. The van der Waals surface area contributed by atoms with E-state index in [9.17, 15) is 9.65 Å². The van der Waals surface area contributed by atoms with Crippen LogP contribution >= 0.6 is 11.6 Å². The molecule has 32 heavy (non-hydrogen) atoms. The Morgan fingerprint density at radius 1 is 1.25 bits per heavy atom. The summed E-state index contributed by atoms with van der Waals surface area (Å²) in [4.78, 5) is 11.6. The second-order valence-electron chi connectivity index (χ2n) is 6.37. The highest BCUT2D eigenvalue weighted by molar-refractivity contribution is 6.28. The van der Waals surface area contributed by atoms with Gasteiger partial charge in [0.05, 0.1) is 26.1 Å². The highest BCUT2D eigenvalue weighted by Gasteiger charge is 2.13. The number of nitrogens with one attached hydrogen (secondary N) is 1. The maximum Gasteiger partial charge on any atom is 0.260 e. The lowest BCUT2D eigenvalue weighted by molar-refractivity contribution is 0.184. The number of aromatic nitrogens is 3. The van der Waals surface area contributed by atoms with Crippen molar-refractivity contribution in [2.24, 2.45) is 5.10 Å². The molecule has 3 rings (SSSR count). The number of rotatable bonds is 8. The number of aryl methyl sites for hydroxylation is 1. The molecule has 0 aliphatic rings. The third-order valence-electron chi connectivity index (χ3n) is 4.10. The summed E-state index contributed by atoms with van der Waals surface area (Å²) in [5.74, 6) is -0.277. The Morgan fingerprint density at radius 2 is 2.06 bits per heavy atom. The number of hydrazone groups is 1. The average molecular weight is 457 g/mol. The van der Waals surface area contributed by atoms with E-state index in [4.69, 9.17) is 25.8 Å². The molecule has 0 aliphatic heterocycles. The van der Waals surface area contributed by atoms with Crippen molar-refractivity contribution in [1.29, 1.82) is 5.26 Å². The summed E-state index contributed by atoms with van der Waals surface area (Å²) in [5.41, 5.74) is 5.12. The molecule has 1 N–H and O–H groups in total. The highest BCUT2D eigenvalue weighted by atomic mass is 35.5. The normalized spacial score (nSPS) is 10.8. The summed E-state index contributed by atoms with van der Waals surface area (Å²) in [6, 6.07) is 8.81. The summed E-state index contributed by atoms with van der Waals surface area (Å²) < 4.78 is 29.9. The Kier molecular flexibility index (Phi) is 7.49. The summed E-state index contributed by atoms with van der Waals surface area (Å²) in [6.45, 7) is 2.08.